The van der Waals surface area contributed by atoms with Crippen LogP contribution >= 0.6 is 0 Å². The number of methoxy groups -OCH3 is 1. The Labute approximate surface area is 56.8 Å². The zero-order valence-corrected chi connectivity index (χ0v) is 6.13. The van der Waals surface area contributed by atoms with Gasteiger partial charge in [-0.3, -0.25) is 4.90 Å². The standard InChI is InChI=1S/C7H14NO/c1-3-8-5-4-7(6-8)9-2/h5,7H,3-4,6H2,1-2H3. The molecule has 9 heavy (non-hydrogen) atoms. The molecule has 2 heteroatoms. The number of ether oxygens (including phenoxy) is 1. The summed E-state index contributed by atoms with van der Waals surface area (Å²) in [5.41, 5.74) is 0. The van der Waals surface area contributed by atoms with Gasteiger partial charge in [0.15, 0.2) is 0 Å². The van der Waals surface area contributed by atoms with E-state index >= 15 is 0 Å². The van der Waals surface area contributed by atoms with Crippen molar-refractivity contribution in [1.29, 1.82) is 0 Å². The van der Waals surface area contributed by atoms with Crippen LogP contribution in [0.15, 0.2) is 0 Å². The number of hydrogen-bond donors (Lipinski definition) is 0. The average molecular weight is 128 g/mol. The van der Waals surface area contributed by atoms with E-state index < -0.39 is 0 Å². The summed E-state index contributed by atoms with van der Waals surface area (Å²) in [6.07, 6.45) is 1.54. The van der Waals surface area contributed by atoms with Crippen LogP contribution in [0.3, 0.4) is 0 Å². The van der Waals surface area contributed by atoms with Gasteiger partial charge >= 0.3 is 0 Å². The summed E-state index contributed by atoms with van der Waals surface area (Å²) in [7, 11) is 1.78. The van der Waals surface area contributed by atoms with Crippen molar-refractivity contribution in [3.05, 3.63) is 6.54 Å². The van der Waals surface area contributed by atoms with Crippen LogP contribution in [-0.2, 0) is 4.74 Å². The summed E-state index contributed by atoms with van der Waals surface area (Å²) in [5, 5.41) is 0. The molecule has 2 nitrogen and oxygen atoms in total. The van der Waals surface area contributed by atoms with Crippen LogP contribution in [0, 0.1) is 6.54 Å². The van der Waals surface area contributed by atoms with Gasteiger partial charge in [-0.2, -0.15) is 0 Å². The SMILES string of the molecule is CCN1[CH]CC(OC)C1. The monoisotopic (exact) mass is 128 g/mol. The first-order chi connectivity index (χ1) is 4.36. The van der Waals surface area contributed by atoms with Crippen molar-refractivity contribution in [3.8, 4) is 0 Å². The maximum absolute atomic E-state index is 5.17. The van der Waals surface area contributed by atoms with E-state index in [4.69, 9.17) is 4.74 Å². The van der Waals surface area contributed by atoms with Crippen LogP contribution in [0.2, 0.25) is 0 Å². The fourth-order valence-corrected chi connectivity index (χ4v) is 1.11. The first kappa shape index (κ1) is 7.03. The molecule has 0 aromatic rings. The molecule has 0 bridgehead atoms. The largest absolute Gasteiger partial charge is 0.380 e. The van der Waals surface area contributed by atoms with Crippen molar-refractivity contribution < 1.29 is 4.74 Å². The highest BCUT2D eigenvalue weighted by molar-refractivity contribution is 4.83. The molecule has 1 unspecified atom stereocenters. The molecule has 1 rings (SSSR count). The molecule has 1 heterocycles. The number of likely N-dealkylation sites (N-methyl/N-ethyl adjacent to an activating group) is 1. The number of hydrogen-bond acceptors (Lipinski definition) is 2. The highest BCUT2D eigenvalue weighted by atomic mass is 16.5. The summed E-state index contributed by atoms with van der Waals surface area (Å²) >= 11 is 0. The lowest BCUT2D eigenvalue weighted by Crippen LogP contribution is -2.20. The summed E-state index contributed by atoms with van der Waals surface area (Å²) in [6.45, 7) is 6.57. The van der Waals surface area contributed by atoms with Crippen LogP contribution < -0.4 is 0 Å². The van der Waals surface area contributed by atoms with E-state index in [1.807, 2.05) is 0 Å². The lowest BCUT2D eigenvalue weighted by molar-refractivity contribution is 0.109. The van der Waals surface area contributed by atoms with Gasteiger partial charge < -0.3 is 4.74 Å². The van der Waals surface area contributed by atoms with E-state index in [9.17, 15) is 0 Å². The van der Waals surface area contributed by atoms with Crippen molar-refractivity contribution in [1.82, 2.24) is 4.90 Å². The van der Waals surface area contributed by atoms with Gasteiger partial charge in [-0.15, -0.1) is 0 Å². The van der Waals surface area contributed by atoms with Crippen LogP contribution in [0.1, 0.15) is 13.3 Å². The lowest BCUT2D eigenvalue weighted by atomic mass is 10.3. The molecule has 0 aromatic heterocycles. The van der Waals surface area contributed by atoms with Gasteiger partial charge in [-0.25, -0.2) is 0 Å². The molecule has 0 N–H and O–H groups in total. The second kappa shape index (κ2) is 3.18. The molecule has 53 valence electrons. The molecule has 1 fully saturated rings. The Kier molecular flexibility index (Phi) is 2.49. The number of rotatable bonds is 2. The van der Waals surface area contributed by atoms with Gasteiger partial charge in [0.25, 0.3) is 0 Å². The molecule has 0 amide bonds. The summed E-state index contributed by atoms with van der Waals surface area (Å²) < 4.78 is 5.17. The summed E-state index contributed by atoms with van der Waals surface area (Å²) in [6, 6.07) is 0. The first-order valence-corrected chi connectivity index (χ1v) is 3.47. The predicted octanol–water partition coefficient (Wildman–Crippen LogP) is 0.889. The third kappa shape index (κ3) is 1.66. The molecule has 1 aliphatic rings. The fraction of sp³-hybridized carbons (Fsp3) is 0.857. The third-order valence-corrected chi connectivity index (χ3v) is 1.80. The van der Waals surface area contributed by atoms with Gasteiger partial charge in [0.1, 0.15) is 0 Å². The van der Waals surface area contributed by atoms with Crippen molar-refractivity contribution in [2.75, 3.05) is 20.2 Å². The minimum atomic E-state index is 0.449. The Hall–Kier alpha value is -0.0800. The van der Waals surface area contributed by atoms with Gasteiger partial charge in [-0.05, 0) is 13.0 Å². The lowest BCUT2D eigenvalue weighted by Gasteiger charge is -2.10. The van der Waals surface area contributed by atoms with Crippen LogP contribution in [0.4, 0.5) is 0 Å². The van der Waals surface area contributed by atoms with E-state index in [1.165, 1.54) is 0 Å². The smallest absolute Gasteiger partial charge is 0.0713 e. The quantitative estimate of drug-likeness (QED) is 0.547. The first-order valence-electron chi connectivity index (χ1n) is 3.47. The third-order valence-electron chi connectivity index (χ3n) is 1.80. The van der Waals surface area contributed by atoms with E-state index in [1.54, 1.807) is 7.11 Å². The van der Waals surface area contributed by atoms with Crippen molar-refractivity contribution in [2.45, 2.75) is 19.4 Å². The van der Waals surface area contributed by atoms with Crippen LogP contribution in [0.25, 0.3) is 0 Å². The maximum Gasteiger partial charge on any atom is 0.0713 e. The molecule has 1 aliphatic heterocycles. The van der Waals surface area contributed by atoms with E-state index in [-0.39, 0.29) is 0 Å². The Morgan fingerprint density at radius 3 is 2.89 bits per heavy atom. The maximum atomic E-state index is 5.17. The van der Waals surface area contributed by atoms with E-state index in [2.05, 4.69) is 18.4 Å². The van der Waals surface area contributed by atoms with E-state index in [0.717, 1.165) is 19.5 Å². The normalized spacial score (nSPS) is 29.3. The van der Waals surface area contributed by atoms with Gasteiger partial charge in [0, 0.05) is 20.2 Å². The Balaban J connectivity index is 2.20. The zero-order chi connectivity index (χ0) is 6.69. The molecule has 0 saturated carbocycles. The Morgan fingerprint density at radius 2 is 2.56 bits per heavy atom. The van der Waals surface area contributed by atoms with Crippen molar-refractivity contribution >= 4 is 0 Å². The topological polar surface area (TPSA) is 12.5 Å². The van der Waals surface area contributed by atoms with Gasteiger partial charge in [-0.1, -0.05) is 6.92 Å². The zero-order valence-electron chi connectivity index (χ0n) is 6.13. The van der Waals surface area contributed by atoms with Gasteiger partial charge in [0.2, 0.25) is 0 Å². The van der Waals surface area contributed by atoms with Crippen molar-refractivity contribution in [3.63, 3.8) is 0 Å². The average Bonchev–Trinajstić information content (AvgIpc) is 2.34. The minimum Gasteiger partial charge on any atom is -0.380 e. The Morgan fingerprint density at radius 1 is 1.78 bits per heavy atom. The molecular formula is C7H14NO. The van der Waals surface area contributed by atoms with Crippen LogP contribution in [-0.4, -0.2) is 31.2 Å². The second-order valence-corrected chi connectivity index (χ2v) is 2.36. The highest BCUT2D eigenvalue weighted by Gasteiger charge is 2.20. The predicted molar refractivity (Wildman–Crippen MR) is 37.0 cm³/mol. The summed E-state index contributed by atoms with van der Waals surface area (Å²) in [4.78, 5) is 2.29. The van der Waals surface area contributed by atoms with Crippen LogP contribution in [0.5, 0.6) is 0 Å². The minimum absolute atomic E-state index is 0.449. The number of likely N-dealkylation sites (tertiary alicyclic amines) is 1. The molecular weight excluding hydrogens is 114 g/mol. The molecule has 0 spiro atoms. The molecule has 0 aliphatic carbocycles. The van der Waals surface area contributed by atoms with E-state index in [0.29, 0.717) is 6.10 Å². The van der Waals surface area contributed by atoms with Crippen molar-refractivity contribution in [2.24, 2.45) is 0 Å². The second-order valence-electron chi connectivity index (χ2n) is 2.36. The molecule has 1 radical (unpaired) electrons. The van der Waals surface area contributed by atoms with Gasteiger partial charge in [0.05, 0.1) is 6.10 Å². The highest BCUT2D eigenvalue weighted by Crippen LogP contribution is 2.14. The summed E-state index contributed by atoms with van der Waals surface area (Å²) in [5.74, 6) is 0. The molecule has 1 saturated heterocycles. The molecule has 1 atom stereocenters. The Bertz CT molecular complexity index is 75.0. The number of nitrogens with zero attached hydrogens (tertiary/aromatic N) is 1. The molecule has 0 aromatic carbocycles. The fourth-order valence-electron chi connectivity index (χ4n) is 1.11.